The minimum Gasteiger partial charge on any atom is -0.508 e. The van der Waals surface area contributed by atoms with Crippen molar-refractivity contribution in [1.29, 1.82) is 0 Å². The second-order valence-corrected chi connectivity index (χ2v) is 4.04. The molecule has 19 heavy (non-hydrogen) atoms. The number of carbonyl (C=O) groups excluding carboxylic acids is 1. The van der Waals surface area contributed by atoms with Crippen LogP contribution in [-0.4, -0.2) is 18.5 Å². The summed E-state index contributed by atoms with van der Waals surface area (Å²) in [4.78, 5) is 10.7. The molecule has 2 aromatic rings. The standard InChI is InChI=1S/C16H14O3/c1-19-16-10-13(11-17)3-7-14(16)6-2-12-4-8-15(18)9-5-12/h2-11,18H,1H3/b6-2+. The van der Waals surface area contributed by atoms with Gasteiger partial charge in [-0.2, -0.15) is 0 Å². The van der Waals surface area contributed by atoms with Gasteiger partial charge in [-0.25, -0.2) is 0 Å². The van der Waals surface area contributed by atoms with Crippen molar-refractivity contribution in [2.45, 2.75) is 0 Å². The van der Waals surface area contributed by atoms with E-state index in [0.717, 1.165) is 17.4 Å². The maximum absolute atomic E-state index is 10.7. The van der Waals surface area contributed by atoms with Crippen molar-refractivity contribution in [2.24, 2.45) is 0 Å². The number of carbonyl (C=O) groups is 1. The van der Waals surface area contributed by atoms with Gasteiger partial charge in [0.2, 0.25) is 0 Å². The predicted molar refractivity (Wildman–Crippen MR) is 75.4 cm³/mol. The fourth-order valence-electron chi connectivity index (χ4n) is 1.71. The summed E-state index contributed by atoms with van der Waals surface area (Å²) >= 11 is 0. The monoisotopic (exact) mass is 254 g/mol. The van der Waals surface area contributed by atoms with Crippen LogP contribution in [0, 0.1) is 0 Å². The van der Waals surface area contributed by atoms with Gasteiger partial charge in [-0.3, -0.25) is 4.79 Å². The third-order valence-electron chi connectivity index (χ3n) is 2.74. The highest BCUT2D eigenvalue weighted by molar-refractivity contribution is 5.79. The Labute approximate surface area is 111 Å². The largest absolute Gasteiger partial charge is 0.508 e. The lowest BCUT2D eigenvalue weighted by Crippen LogP contribution is -1.89. The first-order valence-electron chi connectivity index (χ1n) is 5.83. The first-order valence-corrected chi connectivity index (χ1v) is 5.83. The smallest absolute Gasteiger partial charge is 0.150 e. The van der Waals surface area contributed by atoms with Gasteiger partial charge in [0, 0.05) is 11.1 Å². The number of aldehydes is 1. The second kappa shape index (κ2) is 5.87. The van der Waals surface area contributed by atoms with E-state index >= 15 is 0 Å². The molecule has 0 amide bonds. The summed E-state index contributed by atoms with van der Waals surface area (Å²) < 4.78 is 5.25. The second-order valence-electron chi connectivity index (χ2n) is 4.04. The zero-order valence-corrected chi connectivity index (χ0v) is 10.5. The maximum atomic E-state index is 10.7. The average Bonchev–Trinajstić information content (AvgIpc) is 2.46. The Balaban J connectivity index is 2.27. The molecule has 3 nitrogen and oxygen atoms in total. The van der Waals surface area contributed by atoms with Crippen molar-refractivity contribution in [3.63, 3.8) is 0 Å². The zero-order chi connectivity index (χ0) is 13.7. The summed E-state index contributed by atoms with van der Waals surface area (Å²) in [5.41, 5.74) is 2.44. The van der Waals surface area contributed by atoms with E-state index in [1.54, 1.807) is 31.4 Å². The topological polar surface area (TPSA) is 46.5 Å². The van der Waals surface area contributed by atoms with Crippen molar-refractivity contribution in [1.82, 2.24) is 0 Å². The Kier molecular flexibility index (Phi) is 3.98. The lowest BCUT2D eigenvalue weighted by molar-refractivity contribution is 0.112. The minimum absolute atomic E-state index is 0.241. The van der Waals surface area contributed by atoms with Crippen molar-refractivity contribution in [3.05, 3.63) is 59.2 Å². The van der Waals surface area contributed by atoms with Crippen LogP contribution in [0.1, 0.15) is 21.5 Å². The minimum atomic E-state index is 0.241. The molecule has 0 unspecified atom stereocenters. The molecule has 0 heterocycles. The molecule has 0 saturated heterocycles. The maximum Gasteiger partial charge on any atom is 0.150 e. The number of rotatable bonds is 4. The lowest BCUT2D eigenvalue weighted by atomic mass is 10.1. The molecule has 2 rings (SSSR count). The van der Waals surface area contributed by atoms with Gasteiger partial charge >= 0.3 is 0 Å². The van der Waals surface area contributed by atoms with E-state index < -0.39 is 0 Å². The Hall–Kier alpha value is -2.55. The summed E-state index contributed by atoms with van der Waals surface area (Å²) in [5, 5.41) is 9.20. The predicted octanol–water partition coefficient (Wildman–Crippen LogP) is 3.38. The first kappa shape index (κ1) is 12.9. The molecule has 0 aliphatic rings. The van der Waals surface area contributed by atoms with E-state index in [4.69, 9.17) is 4.74 Å². The van der Waals surface area contributed by atoms with Crippen molar-refractivity contribution in [2.75, 3.05) is 7.11 Å². The Bertz CT molecular complexity index is 598. The molecule has 96 valence electrons. The SMILES string of the molecule is COc1cc(C=O)ccc1/C=C/c1ccc(O)cc1. The number of ether oxygens (including phenoxy) is 1. The normalized spacial score (nSPS) is 10.6. The molecule has 0 aromatic heterocycles. The van der Waals surface area contributed by atoms with Gasteiger partial charge in [-0.1, -0.05) is 36.4 Å². The van der Waals surface area contributed by atoms with E-state index in [1.165, 1.54) is 0 Å². The summed E-state index contributed by atoms with van der Waals surface area (Å²) in [6.45, 7) is 0. The summed E-state index contributed by atoms with van der Waals surface area (Å²) in [7, 11) is 1.57. The molecular formula is C16H14O3. The molecule has 0 atom stereocenters. The summed E-state index contributed by atoms with van der Waals surface area (Å²) in [6.07, 6.45) is 4.60. The molecule has 1 N–H and O–H groups in total. The fourth-order valence-corrected chi connectivity index (χ4v) is 1.71. The molecule has 0 aliphatic carbocycles. The van der Waals surface area contributed by atoms with Gasteiger partial charge in [-0.05, 0) is 23.8 Å². The number of aromatic hydroxyl groups is 1. The van der Waals surface area contributed by atoms with Crippen LogP contribution in [0.25, 0.3) is 12.2 Å². The van der Waals surface area contributed by atoms with E-state index in [1.807, 2.05) is 30.4 Å². The average molecular weight is 254 g/mol. The van der Waals surface area contributed by atoms with Gasteiger partial charge in [0.1, 0.15) is 17.8 Å². The van der Waals surface area contributed by atoms with Crippen LogP contribution >= 0.6 is 0 Å². The van der Waals surface area contributed by atoms with E-state index in [0.29, 0.717) is 11.3 Å². The summed E-state index contributed by atoms with van der Waals surface area (Å²) in [5.74, 6) is 0.893. The molecule has 0 spiro atoms. The molecule has 3 heteroatoms. The van der Waals surface area contributed by atoms with Crippen LogP contribution in [0.2, 0.25) is 0 Å². The third kappa shape index (κ3) is 3.22. The first-order chi connectivity index (χ1) is 9.22. The van der Waals surface area contributed by atoms with Gasteiger partial charge < -0.3 is 9.84 Å². The summed E-state index contributed by atoms with van der Waals surface area (Å²) in [6, 6.07) is 12.2. The van der Waals surface area contributed by atoms with Gasteiger partial charge in [0.25, 0.3) is 0 Å². The Morgan fingerprint density at radius 3 is 2.32 bits per heavy atom. The molecule has 0 aliphatic heterocycles. The van der Waals surface area contributed by atoms with Crippen LogP contribution in [0.3, 0.4) is 0 Å². The number of benzene rings is 2. The van der Waals surface area contributed by atoms with Gasteiger partial charge in [0.15, 0.2) is 0 Å². The highest BCUT2D eigenvalue weighted by atomic mass is 16.5. The fraction of sp³-hybridized carbons (Fsp3) is 0.0625. The molecule has 0 bridgehead atoms. The zero-order valence-electron chi connectivity index (χ0n) is 10.5. The number of hydrogen-bond acceptors (Lipinski definition) is 3. The number of phenolic OH excluding ortho intramolecular Hbond substituents is 1. The molecule has 0 saturated carbocycles. The Morgan fingerprint density at radius 2 is 1.68 bits per heavy atom. The van der Waals surface area contributed by atoms with Crippen LogP contribution in [0.4, 0.5) is 0 Å². The van der Waals surface area contributed by atoms with E-state index in [9.17, 15) is 9.90 Å². The molecule has 2 aromatic carbocycles. The highest BCUT2D eigenvalue weighted by Crippen LogP contribution is 2.22. The number of hydrogen-bond donors (Lipinski definition) is 1. The van der Waals surface area contributed by atoms with Crippen LogP contribution in [-0.2, 0) is 0 Å². The molecule has 0 fully saturated rings. The number of methoxy groups -OCH3 is 1. The highest BCUT2D eigenvalue weighted by Gasteiger charge is 2.01. The van der Waals surface area contributed by atoms with Gasteiger partial charge in [0.05, 0.1) is 7.11 Å². The number of phenols is 1. The van der Waals surface area contributed by atoms with Crippen LogP contribution < -0.4 is 4.74 Å². The van der Waals surface area contributed by atoms with E-state index in [2.05, 4.69) is 0 Å². The van der Waals surface area contributed by atoms with Crippen molar-refractivity contribution in [3.8, 4) is 11.5 Å². The Morgan fingerprint density at radius 1 is 1.00 bits per heavy atom. The van der Waals surface area contributed by atoms with Crippen molar-refractivity contribution < 1.29 is 14.6 Å². The van der Waals surface area contributed by atoms with Crippen LogP contribution in [0.5, 0.6) is 11.5 Å². The van der Waals surface area contributed by atoms with Crippen molar-refractivity contribution >= 4 is 18.4 Å². The van der Waals surface area contributed by atoms with Gasteiger partial charge in [-0.15, -0.1) is 0 Å². The van der Waals surface area contributed by atoms with Crippen LogP contribution in [0.15, 0.2) is 42.5 Å². The lowest BCUT2D eigenvalue weighted by Gasteiger charge is -2.05. The third-order valence-corrected chi connectivity index (χ3v) is 2.74. The quantitative estimate of drug-likeness (QED) is 0.672. The molecule has 0 radical (unpaired) electrons. The molecular weight excluding hydrogens is 240 g/mol. The van der Waals surface area contributed by atoms with E-state index in [-0.39, 0.29) is 5.75 Å².